The molecule has 0 fully saturated rings. The van der Waals surface area contributed by atoms with E-state index in [1.54, 1.807) is 0 Å². The van der Waals surface area contributed by atoms with E-state index >= 15 is 0 Å². The minimum Gasteiger partial charge on any atom is -0.465 e. The van der Waals surface area contributed by atoms with Crippen molar-refractivity contribution in [3.05, 3.63) is 0 Å². The van der Waals surface area contributed by atoms with Crippen molar-refractivity contribution in [2.24, 2.45) is 10.8 Å². The van der Waals surface area contributed by atoms with Gasteiger partial charge in [0, 0.05) is 21.0 Å². The highest BCUT2D eigenvalue weighted by Crippen LogP contribution is 2.25. The quantitative estimate of drug-likeness (QED) is 0.0443. The van der Waals surface area contributed by atoms with E-state index in [0.29, 0.717) is 25.7 Å². The zero-order chi connectivity index (χ0) is 34.5. The summed E-state index contributed by atoms with van der Waals surface area (Å²) in [5.41, 5.74) is -2.73. The summed E-state index contributed by atoms with van der Waals surface area (Å²) in [4.78, 5) is 49.7. The second-order valence-electron chi connectivity index (χ2n) is 11.5. The molecule has 0 aliphatic rings. The van der Waals surface area contributed by atoms with Crippen LogP contribution in [0.3, 0.4) is 0 Å². The number of aliphatic hydroxyl groups is 2. The fraction of sp³-hybridized carbons (Fsp3) is 0.867. The van der Waals surface area contributed by atoms with E-state index in [4.69, 9.17) is 23.7 Å². The molecule has 45 heavy (non-hydrogen) atoms. The first-order valence-electron chi connectivity index (χ1n) is 15.4. The molecule has 0 rings (SSSR count). The average Bonchev–Trinajstić information content (AvgIpc) is 3.02. The Hall–Kier alpha value is -0.840. The van der Waals surface area contributed by atoms with Crippen molar-refractivity contribution in [3.63, 3.8) is 0 Å². The average molecular weight is 719 g/mol. The third-order valence-electron chi connectivity index (χ3n) is 7.14. The summed E-state index contributed by atoms with van der Waals surface area (Å²) in [6.07, 6.45) is 2.74. The molecule has 0 aliphatic carbocycles. The van der Waals surface area contributed by atoms with Gasteiger partial charge in [0.2, 0.25) is 0 Å². The van der Waals surface area contributed by atoms with Crippen LogP contribution < -0.4 is 0 Å². The summed E-state index contributed by atoms with van der Waals surface area (Å²) in [6.45, 7) is 4.43. The summed E-state index contributed by atoms with van der Waals surface area (Å²) in [5, 5.41) is 20.0. The van der Waals surface area contributed by atoms with Gasteiger partial charge in [0.1, 0.15) is 26.4 Å². The SMILES string of the molecule is CCC(S)CC(=O)OCC(CO)(COCC(CO)(COC(=O)CC(S)CC)COC(=O)CC(S)CC)COC(=O)CC(S)CC. The first-order valence-corrected chi connectivity index (χ1v) is 17.4. The maximum atomic E-state index is 12.4. The Bertz CT molecular complexity index is 753. The van der Waals surface area contributed by atoms with Crippen molar-refractivity contribution in [3.8, 4) is 0 Å². The molecule has 4 unspecified atom stereocenters. The van der Waals surface area contributed by atoms with E-state index in [1.807, 2.05) is 27.7 Å². The van der Waals surface area contributed by atoms with Gasteiger partial charge < -0.3 is 33.9 Å². The fourth-order valence-corrected chi connectivity index (χ4v) is 4.12. The minimum atomic E-state index is -1.36. The molecule has 4 atom stereocenters. The van der Waals surface area contributed by atoms with Gasteiger partial charge in [-0.05, 0) is 25.7 Å². The Morgan fingerprint density at radius 2 is 0.711 bits per heavy atom. The van der Waals surface area contributed by atoms with Gasteiger partial charge >= 0.3 is 23.9 Å². The second kappa shape index (κ2) is 24.3. The summed E-state index contributed by atoms with van der Waals surface area (Å²) in [6, 6.07) is 0. The molecule has 0 saturated carbocycles. The standard InChI is InChI=1S/C30H54O11S4/c1-5-21(42)9-25(33)38-17-29(13-31,18-39-26(34)10-22(43)6-2)15-37-16-30(14-32,19-40-27(35)11-23(44)7-3)20-41-28(36)12-24(45)8-4/h21-24,31-32,42-45H,5-20H2,1-4H3. The lowest BCUT2D eigenvalue weighted by molar-refractivity contribution is -0.168. The van der Waals surface area contributed by atoms with Crippen LogP contribution in [0, 0.1) is 10.8 Å². The molecular weight excluding hydrogens is 665 g/mol. The predicted molar refractivity (Wildman–Crippen MR) is 184 cm³/mol. The van der Waals surface area contributed by atoms with Crippen LogP contribution in [0.4, 0.5) is 0 Å². The maximum Gasteiger partial charge on any atom is 0.306 e. The Labute approximate surface area is 290 Å². The van der Waals surface area contributed by atoms with Crippen molar-refractivity contribution in [2.75, 3.05) is 52.9 Å². The molecule has 2 N–H and O–H groups in total. The lowest BCUT2D eigenvalue weighted by Crippen LogP contribution is -2.46. The van der Waals surface area contributed by atoms with Crippen LogP contribution in [0.5, 0.6) is 0 Å². The maximum absolute atomic E-state index is 12.4. The van der Waals surface area contributed by atoms with E-state index in [0.717, 1.165) is 0 Å². The summed E-state index contributed by atoms with van der Waals surface area (Å²) in [5.74, 6) is -2.18. The van der Waals surface area contributed by atoms with Gasteiger partial charge in [-0.2, -0.15) is 50.5 Å². The number of hydrogen-bond donors (Lipinski definition) is 6. The van der Waals surface area contributed by atoms with Gasteiger partial charge in [-0.1, -0.05) is 27.7 Å². The zero-order valence-corrected chi connectivity index (χ0v) is 30.6. The molecule has 0 saturated heterocycles. The van der Waals surface area contributed by atoms with Gasteiger partial charge in [-0.3, -0.25) is 19.2 Å². The number of thiol groups is 4. The highest BCUT2D eigenvalue weighted by atomic mass is 32.1. The summed E-state index contributed by atoms with van der Waals surface area (Å²) < 4.78 is 27.7. The van der Waals surface area contributed by atoms with Crippen LogP contribution in [0.1, 0.15) is 79.1 Å². The third kappa shape index (κ3) is 19.5. The predicted octanol–water partition coefficient (Wildman–Crippen LogP) is 3.53. The van der Waals surface area contributed by atoms with Crippen molar-refractivity contribution in [1.29, 1.82) is 0 Å². The molecule has 0 aromatic rings. The fourth-order valence-electron chi connectivity index (χ4n) is 3.52. The Morgan fingerprint density at radius 3 is 0.889 bits per heavy atom. The van der Waals surface area contributed by atoms with E-state index in [2.05, 4.69) is 50.5 Å². The first-order chi connectivity index (χ1) is 21.2. The van der Waals surface area contributed by atoms with Crippen LogP contribution in [-0.2, 0) is 42.9 Å². The van der Waals surface area contributed by atoms with Gasteiger partial charge in [-0.25, -0.2) is 0 Å². The number of rotatable bonds is 26. The second-order valence-corrected chi connectivity index (χ2v) is 14.4. The number of hydrogen-bond acceptors (Lipinski definition) is 15. The molecule has 0 aromatic carbocycles. The molecule has 11 nitrogen and oxygen atoms in total. The largest absolute Gasteiger partial charge is 0.465 e. The topological polar surface area (TPSA) is 155 Å². The highest BCUT2D eigenvalue weighted by Gasteiger charge is 2.38. The summed E-state index contributed by atoms with van der Waals surface area (Å²) in [7, 11) is 0. The van der Waals surface area contributed by atoms with Crippen LogP contribution in [0.2, 0.25) is 0 Å². The van der Waals surface area contributed by atoms with Gasteiger partial charge in [0.25, 0.3) is 0 Å². The number of aliphatic hydroxyl groups excluding tert-OH is 2. The van der Waals surface area contributed by atoms with E-state index in [-0.39, 0.29) is 86.3 Å². The molecule has 0 amide bonds. The Balaban J connectivity index is 5.86. The summed E-state index contributed by atoms with van der Waals surface area (Å²) >= 11 is 17.3. The van der Waals surface area contributed by atoms with Crippen molar-refractivity contribution in [1.82, 2.24) is 0 Å². The molecule has 0 aromatic heterocycles. The molecule has 0 spiro atoms. The van der Waals surface area contributed by atoms with E-state index < -0.39 is 47.9 Å². The van der Waals surface area contributed by atoms with Crippen LogP contribution >= 0.6 is 50.5 Å². The number of carbonyl (C=O) groups is 4. The van der Waals surface area contributed by atoms with Crippen LogP contribution in [0.15, 0.2) is 0 Å². The first kappa shape index (κ1) is 44.2. The molecule has 15 heteroatoms. The molecule has 0 heterocycles. The Kier molecular flexibility index (Phi) is 23.9. The molecule has 0 bridgehead atoms. The number of ether oxygens (including phenoxy) is 5. The molecular formula is C30H54O11S4. The Morgan fingerprint density at radius 1 is 0.489 bits per heavy atom. The normalized spacial score (nSPS) is 16.8. The zero-order valence-electron chi connectivity index (χ0n) is 27.0. The third-order valence-corrected chi connectivity index (χ3v) is 9.33. The van der Waals surface area contributed by atoms with Crippen molar-refractivity contribution < 1.29 is 53.1 Å². The van der Waals surface area contributed by atoms with E-state index in [9.17, 15) is 29.4 Å². The highest BCUT2D eigenvalue weighted by molar-refractivity contribution is 7.81. The number of carbonyl (C=O) groups excluding carboxylic acids is 4. The monoisotopic (exact) mass is 718 g/mol. The number of esters is 4. The van der Waals surface area contributed by atoms with Gasteiger partial charge in [0.15, 0.2) is 0 Å². The van der Waals surface area contributed by atoms with Gasteiger partial charge in [0.05, 0.1) is 62.9 Å². The molecule has 264 valence electrons. The molecule has 0 aliphatic heterocycles. The van der Waals surface area contributed by atoms with Crippen LogP contribution in [-0.4, -0.2) is 108 Å². The molecule has 0 radical (unpaired) electrons. The lowest BCUT2D eigenvalue weighted by Gasteiger charge is -2.34. The van der Waals surface area contributed by atoms with Crippen LogP contribution in [0.25, 0.3) is 0 Å². The van der Waals surface area contributed by atoms with Gasteiger partial charge in [-0.15, -0.1) is 0 Å². The minimum absolute atomic E-state index is 0.0420. The van der Waals surface area contributed by atoms with Crippen molar-refractivity contribution in [2.45, 2.75) is 100 Å². The smallest absolute Gasteiger partial charge is 0.306 e. The van der Waals surface area contributed by atoms with E-state index in [1.165, 1.54) is 0 Å². The lowest BCUT2D eigenvalue weighted by atomic mass is 9.90. The van der Waals surface area contributed by atoms with Crippen molar-refractivity contribution >= 4 is 74.4 Å².